The van der Waals surface area contributed by atoms with Gasteiger partial charge >= 0.3 is 0 Å². The van der Waals surface area contributed by atoms with Gasteiger partial charge in [0.1, 0.15) is 5.75 Å². The van der Waals surface area contributed by atoms with Crippen LogP contribution >= 0.6 is 0 Å². The van der Waals surface area contributed by atoms with Gasteiger partial charge in [0.05, 0.1) is 6.20 Å². The molecule has 0 bridgehead atoms. The van der Waals surface area contributed by atoms with Crippen LogP contribution in [-0.2, 0) is 6.54 Å². The van der Waals surface area contributed by atoms with Gasteiger partial charge in [0, 0.05) is 16.3 Å². The molecule has 6 rings (SSSR count). The molecule has 0 aliphatic rings. The smallest absolute Gasteiger partial charge is 0.285 e. The molecule has 0 amide bonds. The van der Waals surface area contributed by atoms with E-state index < -0.39 is 0 Å². The van der Waals surface area contributed by atoms with E-state index >= 15 is 0 Å². The SMILES string of the molecule is c1ccc(C[n+]2ccnc(Oc3ccc4ccc5cccc6ccc3c4c56)c2)cc1. The molecular formula is C27H19N2O+. The Hall–Kier alpha value is -3.98. The maximum Gasteiger partial charge on any atom is 0.285 e. The average molecular weight is 387 g/mol. The van der Waals surface area contributed by atoms with Crippen molar-refractivity contribution in [3.05, 3.63) is 109 Å². The van der Waals surface area contributed by atoms with E-state index in [1.54, 1.807) is 6.20 Å². The second-order valence-electron chi connectivity index (χ2n) is 7.57. The zero-order chi connectivity index (χ0) is 19.9. The van der Waals surface area contributed by atoms with Gasteiger partial charge in [-0.05, 0) is 33.7 Å². The third-order valence-corrected chi connectivity index (χ3v) is 5.65. The minimum Gasteiger partial charge on any atom is -0.434 e. The van der Waals surface area contributed by atoms with Crippen LogP contribution in [0.25, 0.3) is 32.3 Å². The second kappa shape index (κ2) is 6.82. The largest absolute Gasteiger partial charge is 0.434 e. The van der Waals surface area contributed by atoms with Crippen molar-refractivity contribution < 1.29 is 9.30 Å². The lowest BCUT2D eigenvalue weighted by Gasteiger charge is -2.13. The fourth-order valence-corrected chi connectivity index (χ4v) is 4.27. The Labute approximate surface area is 174 Å². The molecule has 3 heteroatoms. The van der Waals surface area contributed by atoms with Crippen LogP contribution in [0.3, 0.4) is 0 Å². The summed E-state index contributed by atoms with van der Waals surface area (Å²) in [5, 5.41) is 7.37. The number of hydrogen-bond acceptors (Lipinski definition) is 2. The Morgan fingerprint density at radius 1 is 0.700 bits per heavy atom. The lowest BCUT2D eigenvalue weighted by Crippen LogP contribution is -2.33. The quantitative estimate of drug-likeness (QED) is 0.269. The van der Waals surface area contributed by atoms with Gasteiger partial charge in [-0.25, -0.2) is 4.98 Å². The van der Waals surface area contributed by atoms with Gasteiger partial charge in [0.15, 0.2) is 12.7 Å². The average Bonchev–Trinajstić information content (AvgIpc) is 2.79. The topological polar surface area (TPSA) is 26.0 Å². The highest BCUT2D eigenvalue weighted by molar-refractivity contribution is 6.24. The third kappa shape index (κ3) is 2.83. The van der Waals surface area contributed by atoms with E-state index in [1.165, 1.54) is 32.5 Å². The minimum atomic E-state index is 0.587. The maximum atomic E-state index is 6.28. The summed E-state index contributed by atoms with van der Waals surface area (Å²) in [6, 6.07) is 29.7. The standard InChI is InChI=1S/C27H19N2O/c1-2-5-19(6-3-1)17-29-16-15-28-25(18-29)30-24-14-12-22-10-9-20-7-4-8-21-11-13-23(24)27(22)26(20)21/h1-16,18H,17H2/q+1. The van der Waals surface area contributed by atoms with Gasteiger partial charge in [0.2, 0.25) is 6.20 Å². The van der Waals surface area contributed by atoms with Gasteiger partial charge in [-0.15, -0.1) is 0 Å². The lowest BCUT2D eigenvalue weighted by atomic mass is 9.94. The van der Waals surface area contributed by atoms with E-state index in [0.717, 1.165) is 17.7 Å². The van der Waals surface area contributed by atoms with Crippen molar-refractivity contribution in [2.45, 2.75) is 6.54 Å². The highest BCUT2D eigenvalue weighted by atomic mass is 16.5. The van der Waals surface area contributed by atoms with Crippen LogP contribution in [0.15, 0.2) is 104 Å². The van der Waals surface area contributed by atoms with E-state index in [2.05, 4.69) is 82.3 Å². The molecule has 0 unspecified atom stereocenters. The summed E-state index contributed by atoms with van der Waals surface area (Å²) in [5.41, 5.74) is 1.24. The third-order valence-electron chi connectivity index (χ3n) is 5.65. The fraction of sp³-hybridized carbons (Fsp3) is 0.0370. The molecule has 1 aromatic heterocycles. The van der Waals surface area contributed by atoms with Crippen LogP contribution in [0.5, 0.6) is 11.6 Å². The number of ether oxygens (including phenoxy) is 1. The molecular weight excluding hydrogens is 368 g/mol. The second-order valence-corrected chi connectivity index (χ2v) is 7.57. The molecule has 0 spiro atoms. The van der Waals surface area contributed by atoms with Crippen LogP contribution in [0.4, 0.5) is 0 Å². The molecule has 0 saturated heterocycles. The predicted molar refractivity (Wildman–Crippen MR) is 120 cm³/mol. The number of rotatable bonds is 4. The first-order chi connectivity index (χ1) is 14.8. The van der Waals surface area contributed by atoms with Crippen LogP contribution in [0.1, 0.15) is 5.56 Å². The molecule has 0 fully saturated rings. The Bertz CT molecular complexity index is 1480. The van der Waals surface area contributed by atoms with Gasteiger partial charge in [-0.2, -0.15) is 4.57 Å². The molecule has 6 aromatic rings. The Kier molecular flexibility index (Phi) is 3.85. The van der Waals surface area contributed by atoms with Crippen LogP contribution in [0.2, 0.25) is 0 Å². The molecule has 30 heavy (non-hydrogen) atoms. The first kappa shape index (κ1) is 16.9. The monoisotopic (exact) mass is 387 g/mol. The Morgan fingerprint density at radius 3 is 2.27 bits per heavy atom. The van der Waals surface area contributed by atoms with Crippen molar-refractivity contribution in [3.8, 4) is 11.6 Å². The van der Waals surface area contributed by atoms with E-state index in [4.69, 9.17) is 4.74 Å². The summed E-state index contributed by atoms with van der Waals surface area (Å²) >= 11 is 0. The van der Waals surface area contributed by atoms with Crippen LogP contribution < -0.4 is 9.30 Å². The van der Waals surface area contributed by atoms with E-state index in [1.807, 2.05) is 24.5 Å². The fourth-order valence-electron chi connectivity index (χ4n) is 4.27. The van der Waals surface area contributed by atoms with Crippen molar-refractivity contribution >= 4 is 32.3 Å². The molecule has 0 atom stereocenters. The lowest BCUT2D eigenvalue weighted by molar-refractivity contribution is -0.689. The number of hydrogen-bond donors (Lipinski definition) is 0. The van der Waals surface area contributed by atoms with Crippen LogP contribution in [0, 0.1) is 0 Å². The minimum absolute atomic E-state index is 0.587. The molecule has 0 aliphatic heterocycles. The maximum absolute atomic E-state index is 6.28. The molecule has 1 heterocycles. The molecule has 0 saturated carbocycles. The van der Waals surface area contributed by atoms with Gasteiger partial charge in [-0.3, -0.25) is 0 Å². The van der Waals surface area contributed by atoms with E-state index in [-0.39, 0.29) is 0 Å². The van der Waals surface area contributed by atoms with Gasteiger partial charge in [-0.1, -0.05) is 72.8 Å². The first-order valence-electron chi connectivity index (χ1n) is 10.1. The van der Waals surface area contributed by atoms with Crippen molar-refractivity contribution in [1.29, 1.82) is 0 Å². The number of benzene rings is 5. The highest BCUT2D eigenvalue weighted by Crippen LogP contribution is 2.39. The Morgan fingerprint density at radius 2 is 1.43 bits per heavy atom. The van der Waals surface area contributed by atoms with Crippen LogP contribution in [-0.4, -0.2) is 4.98 Å². The molecule has 0 radical (unpaired) electrons. The summed E-state index contributed by atoms with van der Waals surface area (Å²) in [7, 11) is 0. The van der Waals surface area contributed by atoms with E-state index in [0.29, 0.717) is 5.88 Å². The molecule has 142 valence electrons. The zero-order valence-corrected chi connectivity index (χ0v) is 16.3. The molecule has 0 aliphatic carbocycles. The highest BCUT2D eigenvalue weighted by Gasteiger charge is 2.14. The summed E-state index contributed by atoms with van der Waals surface area (Å²) in [4.78, 5) is 4.44. The summed E-state index contributed by atoms with van der Waals surface area (Å²) in [6.45, 7) is 0.776. The van der Waals surface area contributed by atoms with Gasteiger partial charge in [0.25, 0.3) is 5.88 Å². The Balaban J connectivity index is 1.43. The van der Waals surface area contributed by atoms with Crippen molar-refractivity contribution in [2.75, 3.05) is 0 Å². The molecule has 3 nitrogen and oxygen atoms in total. The number of nitrogens with zero attached hydrogens (tertiary/aromatic N) is 2. The molecule has 0 N–H and O–H groups in total. The molecule has 5 aromatic carbocycles. The van der Waals surface area contributed by atoms with Crippen molar-refractivity contribution in [3.63, 3.8) is 0 Å². The van der Waals surface area contributed by atoms with E-state index in [9.17, 15) is 0 Å². The zero-order valence-electron chi connectivity index (χ0n) is 16.3. The number of aromatic nitrogens is 2. The van der Waals surface area contributed by atoms with Crippen molar-refractivity contribution in [2.24, 2.45) is 0 Å². The summed E-state index contributed by atoms with van der Waals surface area (Å²) in [5.74, 6) is 1.41. The summed E-state index contributed by atoms with van der Waals surface area (Å²) in [6.07, 6.45) is 5.70. The first-order valence-corrected chi connectivity index (χ1v) is 10.1. The predicted octanol–water partition coefficient (Wildman–Crippen LogP) is 6.11. The normalized spacial score (nSPS) is 11.5. The van der Waals surface area contributed by atoms with Gasteiger partial charge < -0.3 is 4.74 Å². The van der Waals surface area contributed by atoms with Crippen molar-refractivity contribution in [1.82, 2.24) is 4.98 Å². The summed E-state index contributed by atoms with van der Waals surface area (Å²) < 4.78 is 8.37.